The van der Waals surface area contributed by atoms with Crippen LogP contribution in [0.25, 0.3) is 0 Å². The highest BCUT2D eigenvalue weighted by molar-refractivity contribution is 5.87. The van der Waals surface area contributed by atoms with Crippen LogP contribution in [0.1, 0.15) is 12.8 Å². The predicted octanol–water partition coefficient (Wildman–Crippen LogP) is 1.03. The SMILES string of the molecule is C=CC(=O)N1CCC(Oc2cncnc2)CC1. The van der Waals surface area contributed by atoms with Gasteiger partial charge in [-0.2, -0.15) is 0 Å². The Kier molecular flexibility index (Phi) is 3.69. The second kappa shape index (κ2) is 5.43. The standard InChI is InChI=1S/C12H15N3O2/c1-2-12(16)15-5-3-10(4-6-15)17-11-7-13-9-14-8-11/h2,7-10H,1,3-6H2. The summed E-state index contributed by atoms with van der Waals surface area (Å²) in [7, 11) is 0. The Bertz CT molecular complexity index is 386. The average Bonchev–Trinajstić information content (AvgIpc) is 2.40. The van der Waals surface area contributed by atoms with Crippen LogP contribution >= 0.6 is 0 Å². The summed E-state index contributed by atoms with van der Waals surface area (Å²) < 4.78 is 5.73. The molecular formula is C12H15N3O2. The zero-order chi connectivity index (χ0) is 12.1. The summed E-state index contributed by atoms with van der Waals surface area (Å²) in [6.07, 6.45) is 7.91. The Morgan fingerprint density at radius 1 is 1.41 bits per heavy atom. The number of nitrogens with zero attached hydrogens (tertiary/aromatic N) is 3. The Hall–Kier alpha value is -1.91. The third-order valence-corrected chi connectivity index (χ3v) is 2.77. The topological polar surface area (TPSA) is 55.3 Å². The molecule has 5 heteroatoms. The fourth-order valence-corrected chi connectivity index (χ4v) is 1.86. The van der Waals surface area contributed by atoms with E-state index in [0.717, 1.165) is 12.8 Å². The molecule has 5 nitrogen and oxygen atoms in total. The van der Waals surface area contributed by atoms with Crippen molar-refractivity contribution in [2.45, 2.75) is 18.9 Å². The lowest BCUT2D eigenvalue weighted by molar-refractivity contribution is -0.127. The van der Waals surface area contributed by atoms with Crippen molar-refractivity contribution in [3.05, 3.63) is 31.4 Å². The molecule has 1 aromatic rings. The zero-order valence-electron chi connectivity index (χ0n) is 9.58. The first kappa shape index (κ1) is 11.6. The highest BCUT2D eigenvalue weighted by atomic mass is 16.5. The Morgan fingerprint density at radius 3 is 2.65 bits per heavy atom. The molecule has 0 spiro atoms. The fraction of sp³-hybridized carbons (Fsp3) is 0.417. The molecule has 0 saturated carbocycles. The number of hydrogen-bond acceptors (Lipinski definition) is 4. The Labute approximate surface area is 100 Å². The van der Waals surface area contributed by atoms with E-state index < -0.39 is 0 Å². The van der Waals surface area contributed by atoms with Gasteiger partial charge in [-0.05, 0) is 6.08 Å². The maximum absolute atomic E-state index is 11.4. The van der Waals surface area contributed by atoms with Crippen LogP contribution in [-0.2, 0) is 4.79 Å². The largest absolute Gasteiger partial charge is 0.487 e. The lowest BCUT2D eigenvalue weighted by atomic mass is 10.1. The molecule has 0 aromatic carbocycles. The van der Waals surface area contributed by atoms with Crippen molar-refractivity contribution >= 4 is 5.91 Å². The summed E-state index contributed by atoms with van der Waals surface area (Å²) in [6, 6.07) is 0. The molecule has 0 atom stereocenters. The van der Waals surface area contributed by atoms with E-state index >= 15 is 0 Å². The van der Waals surface area contributed by atoms with Crippen molar-refractivity contribution < 1.29 is 9.53 Å². The van der Waals surface area contributed by atoms with Crippen LogP contribution in [0.15, 0.2) is 31.4 Å². The van der Waals surface area contributed by atoms with Gasteiger partial charge in [-0.3, -0.25) is 4.79 Å². The molecule has 2 rings (SSSR count). The minimum Gasteiger partial charge on any atom is -0.487 e. The number of ether oxygens (including phenoxy) is 1. The fourth-order valence-electron chi connectivity index (χ4n) is 1.86. The van der Waals surface area contributed by atoms with Crippen LogP contribution in [0, 0.1) is 0 Å². The monoisotopic (exact) mass is 233 g/mol. The van der Waals surface area contributed by atoms with Crippen LogP contribution in [0.4, 0.5) is 0 Å². The molecule has 1 aliphatic heterocycles. The first-order valence-electron chi connectivity index (χ1n) is 5.62. The summed E-state index contributed by atoms with van der Waals surface area (Å²) >= 11 is 0. The van der Waals surface area contributed by atoms with Gasteiger partial charge in [0.15, 0.2) is 5.75 Å². The molecule has 0 bridgehead atoms. The molecule has 0 unspecified atom stereocenters. The van der Waals surface area contributed by atoms with Crippen molar-refractivity contribution in [3.63, 3.8) is 0 Å². The first-order valence-corrected chi connectivity index (χ1v) is 5.62. The molecule has 1 aliphatic rings. The van der Waals surface area contributed by atoms with Gasteiger partial charge in [0.1, 0.15) is 12.4 Å². The molecule has 0 N–H and O–H groups in total. The molecule has 1 saturated heterocycles. The molecule has 17 heavy (non-hydrogen) atoms. The maximum atomic E-state index is 11.4. The summed E-state index contributed by atoms with van der Waals surface area (Å²) in [5.41, 5.74) is 0. The molecule has 2 heterocycles. The number of carbonyl (C=O) groups excluding carboxylic acids is 1. The number of carbonyl (C=O) groups is 1. The van der Waals surface area contributed by atoms with E-state index in [-0.39, 0.29) is 12.0 Å². The quantitative estimate of drug-likeness (QED) is 0.732. The lowest BCUT2D eigenvalue weighted by Crippen LogP contribution is -2.41. The van der Waals surface area contributed by atoms with Crippen molar-refractivity contribution in [3.8, 4) is 5.75 Å². The highest BCUT2D eigenvalue weighted by Gasteiger charge is 2.22. The van der Waals surface area contributed by atoms with Crippen LogP contribution in [0.2, 0.25) is 0 Å². The van der Waals surface area contributed by atoms with Gasteiger partial charge < -0.3 is 9.64 Å². The molecular weight excluding hydrogens is 218 g/mol. The Balaban J connectivity index is 1.83. The molecule has 0 aliphatic carbocycles. The van der Waals surface area contributed by atoms with E-state index in [1.165, 1.54) is 12.4 Å². The summed E-state index contributed by atoms with van der Waals surface area (Å²) in [5, 5.41) is 0. The zero-order valence-corrected chi connectivity index (χ0v) is 9.58. The molecule has 90 valence electrons. The molecule has 0 radical (unpaired) electrons. The summed E-state index contributed by atoms with van der Waals surface area (Å²) in [6.45, 7) is 4.91. The van der Waals surface area contributed by atoms with Gasteiger partial charge in [-0.15, -0.1) is 0 Å². The normalized spacial score (nSPS) is 16.6. The predicted molar refractivity (Wildman–Crippen MR) is 62.5 cm³/mol. The van der Waals surface area contributed by atoms with E-state index in [9.17, 15) is 4.79 Å². The van der Waals surface area contributed by atoms with Gasteiger partial charge in [-0.1, -0.05) is 6.58 Å². The van der Waals surface area contributed by atoms with Gasteiger partial charge in [0.2, 0.25) is 5.91 Å². The van der Waals surface area contributed by atoms with Crippen molar-refractivity contribution in [1.29, 1.82) is 0 Å². The van der Waals surface area contributed by atoms with Crippen LogP contribution < -0.4 is 4.74 Å². The van der Waals surface area contributed by atoms with E-state index in [1.807, 2.05) is 0 Å². The van der Waals surface area contributed by atoms with Gasteiger partial charge >= 0.3 is 0 Å². The van der Waals surface area contributed by atoms with E-state index in [0.29, 0.717) is 18.8 Å². The van der Waals surface area contributed by atoms with E-state index in [1.54, 1.807) is 17.3 Å². The molecule has 1 amide bonds. The van der Waals surface area contributed by atoms with Crippen LogP contribution in [0.3, 0.4) is 0 Å². The van der Waals surface area contributed by atoms with Crippen molar-refractivity contribution in [2.75, 3.05) is 13.1 Å². The highest BCUT2D eigenvalue weighted by Crippen LogP contribution is 2.17. The smallest absolute Gasteiger partial charge is 0.245 e. The number of piperidine rings is 1. The Morgan fingerprint density at radius 2 is 2.06 bits per heavy atom. The summed E-state index contributed by atoms with van der Waals surface area (Å²) in [5.74, 6) is 0.674. The maximum Gasteiger partial charge on any atom is 0.245 e. The number of likely N-dealkylation sites (tertiary alicyclic amines) is 1. The second-order valence-electron chi connectivity index (χ2n) is 3.92. The van der Waals surface area contributed by atoms with Crippen LogP contribution in [-0.4, -0.2) is 40.0 Å². The van der Waals surface area contributed by atoms with E-state index in [2.05, 4.69) is 16.5 Å². The van der Waals surface area contributed by atoms with Gasteiger partial charge in [0.25, 0.3) is 0 Å². The van der Waals surface area contributed by atoms with Crippen LogP contribution in [0.5, 0.6) is 5.75 Å². The minimum atomic E-state index is -0.00788. The molecule has 1 aromatic heterocycles. The van der Waals surface area contributed by atoms with E-state index in [4.69, 9.17) is 4.74 Å². The lowest BCUT2D eigenvalue weighted by Gasteiger charge is -2.31. The van der Waals surface area contributed by atoms with Gasteiger partial charge in [0, 0.05) is 25.9 Å². The number of amides is 1. The van der Waals surface area contributed by atoms with Gasteiger partial charge in [0.05, 0.1) is 12.4 Å². The number of hydrogen-bond donors (Lipinski definition) is 0. The van der Waals surface area contributed by atoms with Crippen molar-refractivity contribution in [1.82, 2.24) is 14.9 Å². The third kappa shape index (κ3) is 3.03. The first-order chi connectivity index (χ1) is 8.29. The van der Waals surface area contributed by atoms with Gasteiger partial charge in [-0.25, -0.2) is 9.97 Å². The minimum absolute atomic E-state index is 0.00788. The average molecular weight is 233 g/mol. The van der Waals surface area contributed by atoms with Crippen molar-refractivity contribution in [2.24, 2.45) is 0 Å². The summed E-state index contributed by atoms with van der Waals surface area (Å²) in [4.78, 5) is 21.0. The second-order valence-corrected chi connectivity index (χ2v) is 3.92. The number of rotatable bonds is 3. The third-order valence-electron chi connectivity index (χ3n) is 2.77. The molecule has 1 fully saturated rings. The number of aromatic nitrogens is 2.